The number of hydrogen-bond acceptors (Lipinski definition) is 3. The van der Waals surface area contributed by atoms with Gasteiger partial charge in [0.2, 0.25) is 5.91 Å². The van der Waals surface area contributed by atoms with Gasteiger partial charge in [-0.05, 0) is 19.3 Å². The molecule has 1 rings (SSSR count). The molecule has 4 nitrogen and oxygen atoms in total. The second-order valence-electron chi connectivity index (χ2n) is 4.70. The molecule has 0 atom stereocenters. The molecule has 0 spiro atoms. The maximum Gasteiger partial charge on any atom is 0.221 e. The highest BCUT2D eigenvalue weighted by Crippen LogP contribution is 2.31. The molecule has 0 saturated heterocycles. The SMILES string of the molecule is CC(C)NCCC(=O)NC1(CO)CCC1. The van der Waals surface area contributed by atoms with E-state index in [1.807, 2.05) is 0 Å². The molecule has 1 aliphatic carbocycles. The third-order valence-corrected chi connectivity index (χ3v) is 2.92. The lowest BCUT2D eigenvalue weighted by atomic mass is 9.77. The van der Waals surface area contributed by atoms with Crippen LogP contribution >= 0.6 is 0 Å². The van der Waals surface area contributed by atoms with Crippen molar-refractivity contribution in [2.75, 3.05) is 13.2 Å². The molecule has 1 aliphatic rings. The van der Waals surface area contributed by atoms with E-state index < -0.39 is 0 Å². The summed E-state index contributed by atoms with van der Waals surface area (Å²) in [5, 5.41) is 15.3. The Morgan fingerprint density at radius 3 is 2.53 bits per heavy atom. The van der Waals surface area contributed by atoms with Crippen molar-refractivity contribution in [3.05, 3.63) is 0 Å². The molecule has 0 bridgehead atoms. The Hall–Kier alpha value is -0.610. The lowest BCUT2D eigenvalue weighted by Gasteiger charge is -2.41. The van der Waals surface area contributed by atoms with E-state index in [1.165, 1.54) is 0 Å². The first-order chi connectivity index (χ1) is 7.08. The first-order valence-electron chi connectivity index (χ1n) is 5.73. The maximum absolute atomic E-state index is 11.5. The van der Waals surface area contributed by atoms with Crippen molar-refractivity contribution in [3.63, 3.8) is 0 Å². The monoisotopic (exact) mass is 214 g/mol. The number of carbonyl (C=O) groups excluding carboxylic acids is 1. The molecule has 1 fully saturated rings. The van der Waals surface area contributed by atoms with Crippen LogP contribution in [0.4, 0.5) is 0 Å². The van der Waals surface area contributed by atoms with Crippen LogP contribution in [0, 0.1) is 0 Å². The Labute approximate surface area is 91.4 Å². The highest BCUT2D eigenvalue weighted by atomic mass is 16.3. The molecule has 0 radical (unpaired) electrons. The minimum absolute atomic E-state index is 0.0388. The Balaban J connectivity index is 2.17. The van der Waals surface area contributed by atoms with E-state index in [-0.39, 0.29) is 18.1 Å². The Bertz CT molecular complexity index is 207. The van der Waals surface area contributed by atoms with E-state index in [0.29, 0.717) is 19.0 Å². The maximum atomic E-state index is 11.5. The number of hydrogen-bond donors (Lipinski definition) is 3. The van der Waals surface area contributed by atoms with Crippen LogP contribution in [-0.2, 0) is 4.79 Å². The molecule has 1 amide bonds. The first kappa shape index (κ1) is 12.5. The molecule has 0 heterocycles. The summed E-state index contributed by atoms with van der Waals surface area (Å²) >= 11 is 0. The van der Waals surface area contributed by atoms with Crippen LogP contribution in [-0.4, -0.2) is 35.7 Å². The molecule has 4 heteroatoms. The van der Waals surface area contributed by atoms with Gasteiger partial charge in [0.1, 0.15) is 0 Å². The molecule has 0 unspecified atom stereocenters. The van der Waals surface area contributed by atoms with Crippen molar-refractivity contribution in [2.24, 2.45) is 0 Å². The average molecular weight is 214 g/mol. The number of amides is 1. The third kappa shape index (κ3) is 3.80. The summed E-state index contributed by atoms with van der Waals surface area (Å²) < 4.78 is 0. The van der Waals surface area contributed by atoms with Crippen molar-refractivity contribution in [1.82, 2.24) is 10.6 Å². The Morgan fingerprint density at radius 2 is 2.13 bits per heavy atom. The molecular formula is C11H22N2O2. The molecule has 1 saturated carbocycles. The van der Waals surface area contributed by atoms with Crippen LogP contribution in [0.3, 0.4) is 0 Å². The van der Waals surface area contributed by atoms with Crippen LogP contribution in [0.15, 0.2) is 0 Å². The lowest BCUT2D eigenvalue weighted by Crippen LogP contribution is -2.56. The normalized spacial score (nSPS) is 18.7. The summed E-state index contributed by atoms with van der Waals surface area (Å²) in [4.78, 5) is 11.5. The van der Waals surface area contributed by atoms with Gasteiger partial charge in [0.15, 0.2) is 0 Å². The molecule has 0 aromatic rings. The Morgan fingerprint density at radius 1 is 1.47 bits per heavy atom. The third-order valence-electron chi connectivity index (χ3n) is 2.92. The van der Waals surface area contributed by atoms with Crippen molar-refractivity contribution in [3.8, 4) is 0 Å². The van der Waals surface area contributed by atoms with Gasteiger partial charge in [-0.3, -0.25) is 4.79 Å². The van der Waals surface area contributed by atoms with Crippen LogP contribution in [0.2, 0.25) is 0 Å². The van der Waals surface area contributed by atoms with Crippen molar-refractivity contribution < 1.29 is 9.90 Å². The number of nitrogens with one attached hydrogen (secondary N) is 2. The molecule has 0 aromatic heterocycles. The predicted molar refractivity (Wildman–Crippen MR) is 59.6 cm³/mol. The van der Waals surface area contributed by atoms with Crippen LogP contribution < -0.4 is 10.6 Å². The van der Waals surface area contributed by atoms with E-state index in [1.54, 1.807) is 0 Å². The van der Waals surface area contributed by atoms with Crippen LogP contribution in [0.25, 0.3) is 0 Å². The minimum atomic E-state index is -0.297. The lowest BCUT2D eigenvalue weighted by molar-refractivity contribution is -0.125. The smallest absolute Gasteiger partial charge is 0.221 e. The van der Waals surface area contributed by atoms with E-state index in [4.69, 9.17) is 5.11 Å². The fourth-order valence-corrected chi connectivity index (χ4v) is 1.76. The zero-order valence-electron chi connectivity index (χ0n) is 9.68. The van der Waals surface area contributed by atoms with Crippen molar-refractivity contribution in [2.45, 2.75) is 51.1 Å². The Kier molecular flexibility index (Phi) is 4.54. The van der Waals surface area contributed by atoms with Crippen molar-refractivity contribution in [1.29, 1.82) is 0 Å². The largest absolute Gasteiger partial charge is 0.394 e. The molecule has 15 heavy (non-hydrogen) atoms. The fraction of sp³-hybridized carbons (Fsp3) is 0.909. The fourth-order valence-electron chi connectivity index (χ4n) is 1.76. The molecule has 0 aliphatic heterocycles. The highest BCUT2D eigenvalue weighted by molar-refractivity contribution is 5.77. The molecule has 88 valence electrons. The minimum Gasteiger partial charge on any atom is -0.394 e. The summed E-state index contributed by atoms with van der Waals surface area (Å²) in [6, 6.07) is 0.410. The quantitative estimate of drug-likeness (QED) is 0.600. The number of carbonyl (C=O) groups is 1. The highest BCUT2D eigenvalue weighted by Gasteiger charge is 2.37. The summed E-state index contributed by atoms with van der Waals surface area (Å²) in [5.74, 6) is 0.0388. The van der Waals surface area contributed by atoms with Gasteiger partial charge in [-0.1, -0.05) is 13.8 Å². The summed E-state index contributed by atoms with van der Waals surface area (Å²) in [6.07, 6.45) is 3.41. The first-order valence-corrected chi connectivity index (χ1v) is 5.73. The second-order valence-corrected chi connectivity index (χ2v) is 4.70. The summed E-state index contributed by atoms with van der Waals surface area (Å²) in [5.41, 5.74) is -0.297. The van der Waals surface area contributed by atoms with Crippen LogP contribution in [0.5, 0.6) is 0 Å². The zero-order valence-corrected chi connectivity index (χ0v) is 9.68. The van der Waals surface area contributed by atoms with Crippen LogP contribution in [0.1, 0.15) is 39.5 Å². The van der Waals surface area contributed by atoms with Crippen molar-refractivity contribution >= 4 is 5.91 Å². The number of aliphatic hydroxyl groups excluding tert-OH is 1. The average Bonchev–Trinajstić information content (AvgIpc) is 2.11. The molecule has 3 N–H and O–H groups in total. The molecule has 0 aromatic carbocycles. The van der Waals surface area contributed by atoms with Gasteiger partial charge in [-0.2, -0.15) is 0 Å². The van der Waals surface area contributed by atoms with Gasteiger partial charge in [0.25, 0.3) is 0 Å². The van der Waals surface area contributed by atoms with E-state index in [2.05, 4.69) is 24.5 Å². The van der Waals surface area contributed by atoms with E-state index in [9.17, 15) is 4.79 Å². The standard InChI is InChI=1S/C11H22N2O2/c1-9(2)12-7-4-10(15)13-11(8-14)5-3-6-11/h9,12,14H,3-8H2,1-2H3,(H,13,15). The van der Waals surface area contributed by atoms with Gasteiger partial charge in [0.05, 0.1) is 12.1 Å². The predicted octanol–water partition coefficient (Wildman–Crippen LogP) is 0.406. The van der Waals surface area contributed by atoms with E-state index in [0.717, 1.165) is 19.3 Å². The summed E-state index contributed by atoms with van der Waals surface area (Å²) in [7, 11) is 0. The number of rotatable bonds is 6. The van der Waals surface area contributed by atoms with E-state index >= 15 is 0 Å². The van der Waals surface area contributed by atoms with Gasteiger partial charge in [0, 0.05) is 19.0 Å². The van der Waals surface area contributed by atoms with Gasteiger partial charge in [-0.15, -0.1) is 0 Å². The number of aliphatic hydroxyl groups is 1. The van der Waals surface area contributed by atoms with Gasteiger partial charge < -0.3 is 15.7 Å². The van der Waals surface area contributed by atoms with Gasteiger partial charge >= 0.3 is 0 Å². The summed E-state index contributed by atoms with van der Waals surface area (Å²) in [6.45, 7) is 4.87. The topological polar surface area (TPSA) is 61.4 Å². The second kappa shape index (κ2) is 5.47. The zero-order chi connectivity index (χ0) is 11.3. The molecular weight excluding hydrogens is 192 g/mol. The van der Waals surface area contributed by atoms with Gasteiger partial charge in [-0.25, -0.2) is 0 Å².